The first-order chi connectivity index (χ1) is 6.66. The summed E-state index contributed by atoms with van der Waals surface area (Å²) in [6.45, 7) is 1.46. The van der Waals surface area contributed by atoms with Gasteiger partial charge in [0.25, 0.3) is 0 Å². The lowest BCUT2D eigenvalue weighted by molar-refractivity contribution is 0.103. The first-order valence-electron chi connectivity index (χ1n) is 4.16. The zero-order valence-electron chi connectivity index (χ0n) is 7.82. The molecule has 0 saturated carbocycles. The minimum atomic E-state index is -0.333. The predicted octanol–water partition coefficient (Wildman–Crippen LogP) is 2.35. The second kappa shape index (κ2) is 4.37. The van der Waals surface area contributed by atoms with E-state index in [1.807, 2.05) is 0 Å². The van der Waals surface area contributed by atoms with Gasteiger partial charge >= 0.3 is 0 Å². The lowest BCUT2D eigenvalue weighted by atomic mass is 10.0. The molecule has 3 nitrogen and oxygen atoms in total. The maximum absolute atomic E-state index is 11.6. The van der Waals surface area contributed by atoms with Gasteiger partial charge in [-0.05, 0) is 6.92 Å². The summed E-state index contributed by atoms with van der Waals surface area (Å²) in [4.78, 5) is 11.6. The van der Waals surface area contributed by atoms with Gasteiger partial charge in [0.1, 0.15) is 0 Å². The van der Waals surface area contributed by atoms with E-state index in [0.29, 0.717) is 11.8 Å². The Hall–Kier alpha value is -1.90. The summed E-state index contributed by atoms with van der Waals surface area (Å²) in [6.07, 6.45) is 0.678. The normalized spacial score (nSPS) is 11.1. The molecule has 0 heterocycles. The van der Waals surface area contributed by atoms with Gasteiger partial charge in [-0.3, -0.25) is 4.79 Å². The van der Waals surface area contributed by atoms with Crippen LogP contribution in [0.1, 0.15) is 17.3 Å². The van der Waals surface area contributed by atoms with Gasteiger partial charge in [-0.25, -0.2) is 0 Å². The molecule has 1 rings (SSSR count). The molecule has 0 fully saturated rings. The zero-order valence-corrected chi connectivity index (χ0v) is 7.82. The molecule has 0 radical (unpaired) electrons. The maximum Gasteiger partial charge on any atom is 0.197 e. The standard InChI is InChI=1S/C11H11NO2/c1-8(12)10(7-13)11(14)9-5-3-2-4-6-9/h2-7,12-13H,1H3. The molecule has 14 heavy (non-hydrogen) atoms. The summed E-state index contributed by atoms with van der Waals surface area (Å²) in [5.41, 5.74) is 0.553. The van der Waals surface area contributed by atoms with Crippen LogP contribution in [-0.2, 0) is 0 Å². The van der Waals surface area contributed by atoms with Crippen molar-refractivity contribution in [3.8, 4) is 0 Å². The quantitative estimate of drug-likeness (QED) is 0.332. The number of carbonyl (C=O) groups excluding carboxylic acids is 1. The summed E-state index contributed by atoms with van der Waals surface area (Å²) in [5.74, 6) is -0.333. The second-order valence-electron chi connectivity index (χ2n) is 2.86. The number of hydrogen-bond donors (Lipinski definition) is 2. The van der Waals surface area contributed by atoms with Crippen molar-refractivity contribution < 1.29 is 9.90 Å². The van der Waals surface area contributed by atoms with Crippen LogP contribution >= 0.6 is 0 Å². The molecule has 0 amide bonds. The number of rotatable bonds is 3. The largest absolute Gasteiger partial charge is 0.515 e. The lowest BCUT2D eigenvalue weighted by Gasteiger charge is -2.02. The number of nitrogens with one attached hydrogen (secondary N) is 1. The van der Waals surface area contributed by atoms with Crippen LogP contribution < -0.4 is 0 Å². The second-order valence-corrected chi connectivity index (χ2v) is 2.86. The number of carbonyl (C=O) groups is 1. The molecule has 0 bridgehead atoms. The first-order valence-corrected chi connectivity index (χ1v) is 4.16. The van der Waals surface area contributed by atoms with Crippen molar-refractivity contribution in [2.24, 2.45) is 0 Å². The Bertz CT molecular complexity index is 380. The number of aliphatic hydroxyl groups excluding tert-OH is 1. The molecular weight excluding hydrogens is 178 g/mol. The Balaban J connectivity index is 3.02. The fourth-order valence-corrected chi connectivity index (χ4v) is 1.07. The van der Waals surface area contributed by atoms with Gasteiger partial charge in [-0.2, -0.15) is 0 Å². The predicted molar refractivity (Wildman–Crippen MR) is 54.9 cm³/mol. The van der Waals surface area contributed by atoms with Crippen LogP contribution in [0.25, 0.3) is 0 Å². The Morgan fingerprint density at radius 3 is 2.36 bits per heavy atom. The summed E-state index contributed by atoms with van der Waals surface area (Å²) in [6, 6.07) is 8.57. The fourth-order valence-electron chi connectivity index (χ4n) is 1.07. The minimum Gasteiger partial charge on any atom is -0.515 e. The summed E-state index contributed by atoms with van der Waals surface area (Å²) in [5, 5.41) is 16.1. The molecule has 3 heteroatoms. The molecule has 0 spiro atoms. The molecule has 2 N–H and O–H groups in total. The van der Waals surface area contributed by atoms with Crippen molar-refractivity contribution in [1.29, 1.82) is 5.41 Å². The van der Waals surface area contributed by atoms with Crippen molar-refractivity contribution in [3.63, 3.8) is 0 Å². The van der Waals surface area contributed by atoms with Crippen LogP contribution in [0.15, 0.2) is 42.2 Å². The van der Waals surface area contributed by atoms with E-state index in [2.05, 4.69) is 0 Å². The van der Waals surface area contributed by atoms with E-state index < -0.39 is 0 Å². The minimum absolute atomic E-state index is 0.0243. The average Bonchev–Trinajstić information content (AvgIpc) is 2.19. The summed E-state index contributed by atoms with van der Waals surface area (Å²) in [7, 11) is 0. The van der Waals surface area contributed by atoms with Crippen LogP contribution in [0.5, 0.6) is 0 Å². The molecule has 72 valence electrons. The highest BCUT2D eigenvalue weighted by Crippen LogP contribution is 2.08. The molecule has 1 aromatic carbocycles. The Morgan fingerprint density at radius 1 is 1.36 bits per heavy atom. The molecule has 0 aliphatic heterocycles. The molecule has 0 saturated heterocycles. The Labute approximate surface area is 82.2 Å². The van der Waals surface area contributed by atoms with Gasteiger partial charge in [-0.15, -0.1) is 0 Å². The van der Waals surface area contributed by atoms with Crippen LogP contribution in [0.4, 0.5) is 0 Å². The number of allylic oxidation sites excluding steroid dienone is 1. The number of Topliss-reactive ketones (excluding diaryl/α,β-unsaturated/α-hetero) is 1. The Kier molecular flexibility index (Phi) is 3.18. The monoisotopic (exact) mass is 189 g/mol. The summed E-state index contributed by atoms with van der Waals surface area (Å²) >= 11 is 0. The molecule has 0 aromatic heterocycles. The Morgan fingerprint density at radius 2 is 1.93 bits per heavy atom. The van der Waals surface area contributed by atoms with E-state index in [4.69, 9.17) is 10.5 Å². The van der Waals surface area contributed by atoms with Crippen LogP contribution in [0, 0.1) is 5.41 Å². The van der Waals surface area contributed by atoms with Gasteiger partial charge in [-0.1, -0.05) is 30.3 Å². The van der Waals surface area contributed by atoms with Gasteiger partial charge in [0.15, 0.2) is 5.78 Å². The van der Waals surface area contributed by atoms with Gasteiger partial charge in [0.2, 0.25) is 0 Å². The highest BCUT2D eigenvalue weighted by molar-refractivity contribution is 6.26. The van der Waals surface area contributed by atoms with E-state index in [1.165, 1.54) is 6.92 Å². The van der Waals surface area contributed by atoms with Gasteiger partial charge in [0, 0.05) is 11.3 Å². The molecule has 0 aliphatic carbocycles. The van der Waals surface area contributed by atoms with Crippen molar-refractivity contribution in [3.05, 3.63) is 47.7 Å². The van der Waals surface area contributed by atoms with E-state index in [0.717, 1.165) is 0 Å². The number of hydrogen-bond acceptors (Lipinski definition) is 3. The van der Waals surface area contributed by atoms with E-state index in [9.17, 15) is 4.79 Å². The molecular formula is C11H11NO2. The van der Waals surface area contributed by atoms with Crippen molar-refractivity contribution in [2.75, 3.05) is 0 Å². The highest BCUT2D eigenvalue weighted by atomic mass is 16.2. The third kappa shape index (κ3) is 2.07. The third-order valence-electron chi connectivity index (χ3n) is 1.81. The molecule has 1 aromatic rings. The smallest absolute Gasteiger partial charge is 0.197 e. The SMILES string of the molecule is CC(=N)C(=CO)C(=O)c1ccccc1. The van der Waals surface area contributed by atoms with E-state index >= 15 is 0 Å². The molecule has 0 atom stereocenters. The fraction of sp³-hybridized carbons (Fsp3) is 0.0909. The first kappa shape index (κ1) is 10.2. The average molecular weight is 189 g/mol. The maximum atomic E-state index is 11.6. The van der Waals surface area contributed by atoms with Crippen molar-refractivity contribution in [1.82, 2.24) is 0 Å². The number of aliphatic hydroxyl groups is 1. The van der Waals surface area contributed by atoms with Crippen LogP contribution in [-0.4, -0.2) is 16.6 Å². The highest BCUT2D eigenvalue weighted by Gasteiger charge is 2.13. The molecule has 0 unspecified atom stereocenters. The zero-order chi connectivity index (χ0) is 10.6. The van der Waals surface area contributed by atoms with Crippen molar-refractivity contribution >= 4 is 11.5 Å². The number of benzene rings is 1. The van der Waals surface area contributed by atoms with Crippen LogP contribution in [0.3, 0.4) is 0 Å². The third-order valence-corrected chi connectivity index (χ3v) is 1.81. The molecule has 0 aliphatic rings. The van der Waals surface area contributed by atoms with E-state index in [1.54, 1.807) is 30.3 Å². The van der Waals surface area contributed by atoms with Gasteiger partial charge < -0.3 is 10.5 Å². The van der Waals surface area contributed by atoms with Crippen molar-refractivity contribution in [2.45, 2.75) is 6.92 Å². The van der Waals surface area contributed by atoms with Crippen LogP contribution in [0.2, 0.25) is 0 Å². The lowest BCUT2D eigenvalue weighted by Crippen LogP contribution is -2.09. The number of ketones is 1. The summed E-state index contributed by atoms with van der Waals surface area (Å²) < 4.78 is 0. The van der Waals surface area contributed by atoms with E-state index in [-0.39, 0.29) is 17.1 Å². The topological polar surface area (TPSA) is 61.1 Å². The van der Waals surface area contributed by atoms with Gasteiger partial charge in [0.05, 0.1) is 11.8 Å².